The molecule has 0 bridgehead atoms. The van der Waals surface area contributed by atoms with Gasteiger partial charge in [0.2, 0.25) is 0 Å². The van der Waals surface area contributed by atoms with Crippen LogP contribution < -0.4 is 0 Å². The van der Waals surface area contributed by atoms with Crippen molar-refractivity contribution in [3.63, 3.8) is 0 Å². The fraction of sp³-hybridized carbons (Fsp3) is 0.958. The summed E-state index contributed by atoms with van der Waals surface area (Å²) in [5.41, 5.74) is 0. The second-order valence-electron chi connectivity index (χ2n) is 8.79. The summed E-state index contributed by atoms with van der Waals surface area (Å²) in [4.78, 5) is 11.5. The van der Waals surface area contributed by atoms with Gasteiger partial charge in [0.25, 0.3) is 0 Å². The Morgan fingerprint density at radius 2 is 1.00 bits per heavy atom. The first-order chi connectivity index (χ1) is 13.8. The van der Waals surface area contributed by atoms with Crippen molar-refractivity contribution in [2.75, 3.05) is 19.8 Å². The molecule has 0 aromatic rings. The van der Waals surface area contributed by atoms with Crippen molar-refractivity contribution in [3.8, 4) is 0 Å². The van der Waals surface area contributed by atoms with Crippen LogP contribution in [0.1, 0.15) is 116 Å². The number of carbonyl (C=O) groups excluding carboxylic acids is 1. The Labute approximate surface area is 173 Å². The van der Waals surface area contributed by atoms with Crippen molar-refractivity contribution in [2.45, 2.75) is 128 Å². The minimum absolute atomic E-state index is 0.0563. The average molecular weight is 397 g/mol. The molecule has 0 saturated carbocycles. The first-order valence-corrected chi connectivity index (χ1v) is 12.2. The Morgan fingerprint density at radius 3 is 1.43 bits per heavy atom. The molecule has 0 radical (unpaired) electrons. The van der Waals surface area contributed by atoms with Crippen LogP contribution in [0.2, 0.25) is 0 Å². The summed E-state index contributed by atoms with van der Waals surface area (Å²) in [6.07, 6.45) is 24.3. The molecule has 2 heterocycles. The summed E-state index contributed by atoms with van der Waals surface area (Å²) < 4.78 is 15.4. The number of unbranched alkanes of at least 4 members (excludes halogenated alkanes) is 15. The Bertz CT molecular complexity index is 377. The van der Waals surface area contributed by atoms with Crippen LogP contribution in [0, 0.1) is 0 Å². The van der Waals surface area contributed by atoms with E-state index in [-0.39, 0.29) is 12.1 Å². The first-order valence-electron chi connectivity index (χ1n) is 12.2. The summed E-state index contributed by atoms with van der Waals surface area (Å²) in [7, 11) is 0. The summed E-state index contributed by atoms with van der Waals surface area (Å²) in [6.45, 7) is 2.23. The van der Waals surface area contributed by atoms with Gasteiger partial charge in [-0.15, -0.1) is 0 Å². The van der Waals surface area contributed by atoms with Gasteiger partial charge in [-0.05, 0) is 12.8 Å². The molecule has 2 fully saturated rings. The number of hydrogen-bond acceptors (Lipinski definition) is 4. The van der Waals surface area contributed by atoms with Crippen LogP contribution in [-0.2, 0) is 19.0 Å². The van der Waals surface area contributed by atoms with Gasteiger partial charge in [0.15, 0.2) is 0 Å². The highest BCUT2D eigenvalue weighted by Crippen LogP contribution is 2.18. The Balaban J connectivity index is 1.16. The standard InChI is InChI=1S/C24H44O4/c25-24(28-21-23-20-27-23)18-16-14-12-10-8-6-4-2-1-3-5-7-9-11-13-15-17-22-19-26-22/h22-23H,1-21H2. The number of epoxide rings is 2. The molecule has 2 rings (SSSR count). The number of esters is 1. The highest BCUT2D eigenvalue weighted by atomic mass is 16.6. The number of hydrogen-bond donors (Lipinski definition) is 0. The molecule has 0 aliphatic carbocycles. The third-order valence-corrected chi connectivity index (χ3v) is 5.89. The van der Waals surface area contributed by atoms with Crippen molar-refractivity contribution < 1.29 is 19.0 Å². The van der Waals surface area contributed by atoms with E-state index < -0.39 is 0 Å². The largest absolute Gasteiger partial charge is 0.463 e. The minimum Gasteiger partial charge on any atom is -0.463 e. The average Bonchev–Trinajstić information content (AvgIpc) is 3.60. The lowest BCUT2D eigenvalue weighted by molar-refractivity contribution is -0.144. The molecular formula is C24H44O4. The van der Waals surface area contributed by atoms with Gasteiger partial charge in [0.05, 0.1) is 19.3 Å². The molecule has 4 nitrogen and oxygen atoms in total. The van der Waals surface area contributed by atoms with E-state index in [2.05, 4.69) is 0 Å². The normalized spacial score (nSPS) is 20.3. The Kier molecular flexibility index (Phi) is 13.7. The van der Waals surface area contributed by atoms with E-state index >= 15 is 0 Å². The van der Waals surface area contributed by atoms with Crippen LogP contribution in [0.15, 0.2) is 0 Å². The Hall–Kier alpha value is -0.610. The van der Waals surface area contributed by atoms with Gasteiger partial charge in [0.1, 0.15) is 12.7 Å². The molecule has 4 heteroatoms. The van der Waals surface area contributed by atoms with Gasteiger partial charge >= 0.3 is 5.97 Å². The summed E-state index contributed by atoms with van der Waals surface area (Å²) >= 11 is 0. The summed E-state index contributed by atoms with van der Waals surface area (Å²) in [6, 6.07) is 0. The lowest BCUT2D eigenvalue weighted by atomic mass is 10.0. The molecular weight excluding hydrogens is 352 g/mol. The van der Waals surface area contributed by atoms with E-state index in [1.54, 1.807) is 0 Å². The maximum atomic E-state index is 11.5. The second kappa shape index (κ2) is 16.2. The van der Waals surface area contributed by atoms with Crippen molar-refractivity contribution in [2.24, 2.45) is 0 Å². The first kappa shape index (κ1) is 23.7. The lowest BCUT2D eigenvalue weighted by Gasteiger charge is -2.04. The van der Waals surface area contributed by atoms with E-state index in [1.165, 1.54) is 96.3 Å². The van der Waals surface area contributed by atoms with Crippen LogP contribution in [0.4, 0.5) is 0 Å². The molecule has 0 aromatic heterocycles. The van der Waals surface area contributed by atoms with E-state index in [0.29, 0.717) is 19.1 Å². The van der Waals surface area contributed by atoms with E-state index in [1.807, 2.05) is 0 Å². The zero-order chi connectivity index (χ0) is 19.7. The molecule has 0 spiro atoms. The monoisotopic (exact) mass is 396 g/mol. The molecule has 2 aliphatic heterocycles. The molecule has 0 N–H and O–H groups in total. The maximum Gasteiger partial charge on any atom is 0.305 e. The number of ether oxygens (including phenoxy) is 3. The van der Waals surface area contributed by atoms with E-state index in [9.17, 15) is 4.79 Å². The molecule has 2 aliphatic rings. The van der Waals surface area contributed by atoms with Crippen molar-refractivity contribution in [1.82, 2.24) is 0 Å². The van der Waals surface area contributed by atoms with Crippen LogP contribution in [0.25, 0.3) is 0 Å². The molecule has 28 heavy (non-hydrogen) atoms. The predicted octanol–water partition coefficient (Wildman–Crippen LogP) is 6.35. The van der Waals surface area contributed by atoms with Gasteiger partial charge in [0, 0.05) is 6.42 Å². The smallest absolute Gasteiger partial charge is 0.305 e. The van der Waals surface area contributed by atoms with Crippen LogP contribution in [0.3, 0.4) is 0 Å². The molecule has 0 amide bonds. The number of carbonyl (C=O) groups is 1. The predicted molar refractivity (Wildman–Crippen MR) is 114 cm³/mol. The van der Waals surface area contributed by atoms with Crippen LogP contribution >= 0.6 is 0 Å². The summed E-state index contributed by atoms with van der Waals surface area (Å²) in [5, 5.41) is 0. The number of rotatable bonds is 21. The van der Waals surface area contributed by atoms with Gasteiger partial charge in [-0.2, -0.15) is 0 Å². The van der Waals surface area contributed by atoms with E-state index in [4.69, 9.17) is 14.2 Å². The zero-order valence-corrected chi connectivity index (χ0v) is 18.1. The van der Waals surface area contributed by atoms with Gasteiger partial charge in [-0.25, -0.2) is 0 Å². The molecule has 2 atom stereocenters. The molecule has 164 valence electrons. The van der Waals surface area contributed by atoms with Crippen LogP contribution in [0.5, 0.6) is 0 Å². The fourth-order valence-corrected chi connectivity index (χ4v) is 3.77. The lowest BCUT2D eigenvalue weighted by Crippen LogP contribution is -2.09. The zero-order valence-electron chi connectivity index (χ0n) is 18.1. The van der Waals surface area contributed by atoms with Crippen molar-refractivity contribution >= 4 is 5.97 Å². The maximum absolute atomic E-state index is 11.5. The third-order valence-electron chi connectivity index (χ3n) is 5.89. The minimum atomic E-state index is -0.0563. The van der Waals surface area contributed by atoms with E-state index in [0.717, 1.165) is 26.1 Å². The van der Waals surface area contributed by atoms with Gasteiger partial charge in [-0.1, -0.05) is 96.3 Å². The summed E-state index contributed by atoms with van der Waals surface area (Å²) in [5.74, 6) is -0.0563. The molecule has 0 aromatic carbocycles. The highest BCUT2D eigenvalue weighted by Gasteiger charge is 2.24. The van der Waals surface area contributed by atoms with Gasteiger partial charge < -0.3 is 14.2 Å². The fourth-order valence-electron chi connectivity index (χ4n) is 3.77. The third kappa shape index (κ3) is 15.3. The van der Waals surface area contributed by atoms with Crippen molar-refractivity contribution in [3.05, 3.63) is 0 Å². The van der Waals surface area contributed by atoms with Gasteiger partial charge in [-0.3, -0.25) is 4.79 Å². The molecule has 2 saturated heterocycles. The molecule has 2 unspecified atom stereocenters. The van der Waals surface area contributed by atoms with Crippen molar-refractivity contribution in [1.29, 1.82) is 0 Å². The topological polar surface area (TPSA) is 51.4 Å². The second-order valence-corrected chi connectivity index (χ2v) is 8.79. The Morgan fingerprint density at radius 1 is 0.607 bits per heavy atom. The highest BCUT2D eigenvalue weighted by molar-refractivity contribution is 5.69. The SMILES string of the molecule is O=C(CCCCCCCCCCCCCCCCCCC1CO1)OCC1CO1. The quantitative estimate of drug-likeness (QED) is 0.129. The van der Waals surface area contributed by atoms with Crippen LogP contribution in [-0.4, -0.2) is 38.0 Å².